The number of para-hydroxylation sites is 1. The lowest BCUT2D eigenvalue weighted by Gasteiger charge is -2.17. The summed E-state index contributed by atoms with van der Waals surface area (Å²) in [5.74, 6) is -0.141. The van der Waals surface area contributed by atoms with E-state index in [9.17, 15) is 13.2 Å². The van der Waals surface area contributed by atoms with Crippen molar-refractivity contribution in [3.63, 3.8) is 0 Å². The van der Waals surface area contributed by atoms with E-state index in [0.29, 0.717) is 29.9 Å². The van der Waals surface area contributed by atoms with Crippen molar-refractivity contribution in [3.05, 3.63) is 65.1 Å². The molecule has 0 saturated carbocycles. The van der Waals surface area contributed by atoms with Gasteiger partial charge in [-0.2, -0.15) is 4.31 Å². The largest absolute Gasteiger partial charge is 0.473 e. The highest BCUT2D eigenvalue weighted by Gasteiger charge is 2.34. The topological polar surface area (TPSA) is 106 Å². The minimum atomic E-state index is -3.71. The molecule has 0 amide bonds. The third kappa shape index (κ3) is 3.28. The Hall–Kier alpha value is -3.17. The van der Waals surface area contributed by atoms with Gasteiger partial charge in [-0.25, -0.2) is 18.2 Å². The number of oxazole rings is 1. The van der Waals surface area contributed by atoms with Crippen molar-refractivity contribution >= 4 is 32.0 Å². The van der Waals surface area contributed by atoms with E-state index < -0.39 is 15.8 Å². The Morgan fingerprint density at radius 3 is 2.90 bits per heavy atom. The second-order valence-corrected chi connectivity index (χ2v) is 8.84. The molecule has 1 aliphatic rings. The van der Waals surface area contributed by atoms with Crippen LogP contribution in [0.2, 0.25) is 0 Å². The molecular weight excluding hydrogens is 394 g/mol. The summed E-state index contributed by atoms with van der Waals surface area (Å²) in [7, 11) is -3.71. The summed E-state index contributed by atoms with van der Waals surface area (Å²) < 4.78 is 38.2. The van der Waals surface area contributed by atoms with E-state index in [0.717, 1.165) is 10.9 Å². The zero-order chi connectivity index (χ0) is 20.0. The molecule has 1 unspecified atom stereocenters. The van der Waals surface area contributed by atoms with Crippen LogP contribution in [0.5, 0.6) is 5.88 Å². The van der Waals surface area contributed by atoms with Crippen LogP contribution in [-0.4, -0.2) is 41.9 Å². The molecule has 1 N–H and O–H groups in total. The molecule has 0 aliphatic carbocycles. The van der Waals surface area contributed by atoms with Crippen LogP contribution < -0.4 is 10.5 Å². The van der Waals surface area contributed by atoms with Gasteiger partial charge in [0.25, 0.3) is 0 Å². The van der Waals surface area contributed by atoms with Gasteiger partial charge in [0, 0.05) is 18.0 Å². The van der Waals surface area contributed by atoms with Gasteiger partial charge in [0.15, 0.2) is 5.58 Å². The van der Waals surface area contributed by atoms with E-state index in [1.54, 1.807) is 6.07 Å². The van der Waals surface area contributed by atoms with Crippen LogP contribution >= 0.6 is 0 Å². The highest BCUT2D eigenvalue weighted by atomic mass is 32.2. The Morgan fingerprint density at radius 2 is 2.00 bits per heavy atom. The minimum absolute atomic E-state index is 0.103. The zero-order valence-electron chi connectivity index (χ0n) is 15.2. The highest BCUT2D eigenvalue weighted by Crippen LogP contribution is 2.26. The van der Waals surface area contributed by atoms with Gasteiger partial charge in [0.2, 0.25) is 15.9 Å². The van der Waals surface area contributed by atoms with Crippen molar-refractivity contribution in [2.45, 2.75) is 17.4 Å². The van der Waals surface area contributed by atoms with Crippen LogP contribution in [0, 0.1) is 0 Å². The summed E-state index contributed by atoms with van der Waals surface area (Å²) in [6, 6.07) is 15.8. The summed E-state index contributed by atoms with van der Waals surface area (Å²) in [5, 5.41) is 1.02. The van der Waals surface area contributed by atoms with E-state index in [1.165, 1.54) is 22.5 Å². The van der Waals surface area contributed by atoms with Crippen LogP contribution in [0.3, 0.4) is 0 Å². The molecule has 5 rings (SSSR count). The lowest BCUT2D eigenvalue weighted by Crippen LogP contribution is -2.31. The quantitative estimate of drug-likeness (QED) is 0.553. The predicted molar refractivity (Wildman–Crippen MR) is 106 cm³/mol. The second-order valence-electron chi connectivity index (χ2n) is 6.91. The summed E-state index contributed by atoms with van der Waals surface area (Å²) >= 11 is 0. The fourth-order valence-corrected chi connectivity index (χ4v) is 5.05. The van der Waals surface area contributed by atoms with E-state index in [4.69, 9.17) is 9.15 Å². The molecule has 9 heteroatoms. The first kappa shape index (κ1) is 17.9. The molecule has 1 saturated heterocycles. The maximum atomic E-state index is 13.0. The molecule has 29 heavy (non-hydrogen) atoms. The summed E-state index contributed by atoms with van der Waals surface area (Å²) in [6.45, 7) is 0.581. The van der Waals surface area contributed by atoms with Crippen molar-refractivity contribution in [1.82, 2.24) is 14.3 Å². The molecule has 4 aromatic rings. The maximum Gasteiger partial charge on any atom is 0.417 e. The van der Waals surface area contributed by atoms with Crippen LogP contribution in [0.25, 0.3) is 22.0 Å². The molecular formula is C20H17N3O5S. The van der Waals surface area contributed by atoms with Crippen molar-refractivity contribution < 1.29 is 17.6 Å². The van der Waals surface area contributed by atoms with Crippen LogP contribution in [0.1, 0.15) is 6.42 Å². The number of H-pyrrole nitrogens is 1. The number of sulfonamides is 1. The Balaban J connectivity index is 1.35. The first-order chi connectivity index (χ1) is 14.0. The van der Waals surface area contributed by atoms with Crippen molar-refractivity contribution in [2.24, 2.45) is 0 Å². The third-order valence-corrected chi connectivity index (χ3v) is 6.86. The standard InChI is InChI=1S/C20H17N3O5S/c24-20-22-17-11-15(6-7-18(17)28-20)29(25,26)23-10-9-14(12-23)27-19-8-5-13-3-1-2-4-16(13)21-19/h1-8,11,14H,9-10,12H2,(H,22,24). The number of rotatable bonds is 4. The summed E-state index contributed by atoms with van der Waals surface area (Å²) in [5.41, 5.74) is 1.50. The zero-order valence-corrected chi connectivity index (χ0v) is 16.1. The molecule has 0 radical (unpaired) electrons. The van der Waals surface area contributed by atoms with Gasteiger partial charge in [0.1, 0.15) is 6.10 Å². The number of ether oxygens (including phenoxy) is 1. The van der Waals surface area contributed by atoms with E-state index in [2.05, 4.69) is 9.97 Å². The normalized spacial score (nSPS) is 17.9. The molecule has 1 fully saturated rings. The third-order valence-electron chi connectivity index (χ3n) is 5.00. The van der Waals surface area contributed by atoms with E-state index in [1.807, 2.05) is 30.3 Å². The second kappa shape index (κ2) is 6.71. The Morgan fingerprint density at radius 1 is 1.14 bits per heavy atom. The average Bonchev–Trinajstić information content (AvgIpc) is 3.33. The number of aromatic amines is 1. The van der Waals surface area contributed by atoms with Crippen LogP contribution in [0.4, 0.5) is 0 Å². The number of pyridine rings is 1. The lowest BCUT2D eigenvalue weighted by atomic mass is 10.2. The lowest BCUT2D eigenvalue weighted by molar-refractivity contribution is 0.207. The first-order valence-electron chi connectivity index (χ1n) is 9.14. The average molecular weight is 411 g/mol. The van der Waals surface area contributed by atoms with E-state index in [-0.39, 0.29) is 17.5 Å². The van der Waals surface area contributed by atoms with Gasteiger partial charge in [-0.1, -0.05) is 18.2 Å². The van der Waals surface area contributed by atoms with Gasteiger partial charge in [-0.3, -0.25) is 4.98 Å². The number of hydrogen-bond acceptors (Lipinski definition) is 6. The molecule has 1 atom stereocenters. The summed E-state index contributed by atoms with van der Waals surface area (Å²) in [6.07, 6.45) is 0.286. The number of fused-ring (bicyclic) bond motifs is 2. The van der Waals surface area contributed by atoms with Gasteiger partial charge in [-0.05, 0) is 36.8 Å². The number of nitrogens with one attached hydrogen (secondary N) is 1. The number of benzene rings is 2. The number of aromatic nitrogens is 2. The maximum absolute atomic E-state index is 13.0. The van der Waals surface area contributed by atoms with Crippen molar-refractivity contribution in [1.29, 1.82) is 0 Å². The van der Waals surface area contributed by atoms with Gasteiger partial charge < -0.3 is 9.15 Å². The molecule has 3 heterocycles. The predicted octanol–water partition coefficient (Wildman–Crippen LogP) is 2.51. The van der Waals surface area contributed by atoms with Crippen LogP contribution in [-0.2, 0) is 10.0 Å². The van der Waals surface area contributed by atoms with Gasteiger partial charge >= 0.3 is 5.76 Å². The van der Waals surface area contributed by atoms with Gasteiger partial charge in [-0.15, -0.1) is 0 Å². The molecule has 148 valence electrons. The minimum Gasteiger partial charge on any atom is -0.473 e. The molecule has 0 spiro atoms. The number of nitrogens with zero attached hydrogens (tertiary/aromatic N) is 2. The molecule has 0 bridgehead atoms. The fourth-order valence-electron chi connectivity index (χ4n) is 3.54. The first-order valence-corrected chi connectivity index (χ1v) is 10.6. The fraction of sp³-hybridized carbons (Fsp3) is 0.200. The van der Waals surface area contributed by atoms with Gasteiger partial charge in [0.05, 0.1) is 22.5 Å². The highest BCUT2D eigenvalue weighted by molar-refractivity contribution is 7.89. The van der Waals surface area contributed by atoms with Crippen LogP contribution in [0.15, 0.2) is 68.7 Å². The summed E-state index contributed by atoms with van der Waals surface area (Å²) in [4.78, 5) is 18.4. The SMILES string of the molecule is O=c1[nH]c2cc(S(=O)(=O)N3CCC(Oc4ccc5ccccc5n4)C3)ccc2o1. The molecule has 1 aliphatic heterocycles. The Kier molecular flexibility index (Phi) is 4.14. The molecule has 2 aromatic heterocycles. The molecule has 2 aromatic carbocycles. The smallest absolute Gasteiger partial charge is 0.417 e. The van der Waals surface area contributed by atoms with Crippen molar-refractivity contribution in [3.8, 4) is 5.88 Å². The molecule has 8 nitrogen and oxygen atoms in total. The van der Waals surface area contributed by atoms with Crippen molar-refractivity contribution in [2.75, 3.05) is 13.1 Å². The monoisotopic (exact) mass is 411 g/mol. The van der Waals surface area contributed by atoms with E-state index >= 15 is 0 Å². The number of hydrogen-bond donors (Lipinski definition) is 1. The Labute approximate surface area is 165 Å². The Bertz CT molecular complexity index is 1380.